The van der Waals surface area contributed by atoms with Gasteiger partial charge in [0.1, 0.15) is 11.3 Å². The van der Waals surface area contributed by atoms with Crippen LogP contribution in [0, 0.1) is 18.8 Å². The first-order valence-electron chi connectivity index (χ1n) is 13.4. The quantitative estimate of drug-likeness (QED) is 0.355. The Morgan fingerprint density at radius 3 is 2.67 bits per heavy atom. The van der Waals surface area contributed by atoms with Crippen LogP contribution in [0.4, 0.5) is 16.6 Å². The van der Waals surface area contributed by atoms with Gasteiger partial charge in [0, 0.05) is 35.3 Å². The van der Waals surface area contributed by atoms with Gasteiger partial charge in [0.15, 0.2) is 9.84 Å². The van der Waals surface area contributed by atoms with E-state index in [1.54, 1.807) is 25.4 Å². The van der Waals surface area contributed by atoms with Crippen LogP contribution >= 0.6 is 11.3 Å². The Bertz CT molecular complexity index is 1550. The predicted octanol–water partition coefficient (Wildman–Crippen LogP) is 4.01. The molecule has 0 bridgehead atoms. The number of sulfone groups is 1. The van der Waals surface area contributed by atoms with Crippen molar-refractivity contribution < 1.29 is 18.0 Å². The maximum atomic E-state index is 13.4. The Hall–Kier alpha value is -3.25. The van der Waals surface area contributed by atoms with E-state index in [1.165, 1.54) is 17.6 Å². The van der Waals surface area contributed by atoms with Crippen LogP contribution in [-0.2, 0) is 27.5 Å². The molecule has 2 aromatic heterocycles. The van der Waals surface area contributed by atoms with Gasteiger partial charge >= 0.3 is 0 Å². The normalized spacial score (nSPS) is 18.9. The molecule has 0 unspecified atom stereocenters. The number of aromatic nitrogens is 3. The van der Waals surface area contributed by atoms with Crippen molar-refractivity contribution in [3.63, 3.8) is 0 Å². The molecule has 0 radical (unpaired) electrons. The third-order valence-corrected chi connectivity index (χ3v) is 10.2. The Kier molecular flexibility index (Phi) is 6.70. The van der Waals surface area contributed by atoms with E-state index < -0.39 is 9.84 Å². The number of hydrogen-bond donors (Lipinski definition) is 3. The number of carbonyl (C=O) groups is 2. The average molecular weight is 569 g/mol. The number of aryl methyl sites for hydroxylation is 1. The van der Waals surface area contributed by atoms with Crippen LogP contribution in [0.15, 0.2) is 29.4 Å². The maximum Gasteiger partial charge on any atom is 0.254 e. The number of anilines is 3. The van der Waals surface area contributed by atoms with Crippen LogP contribution in [0.25, 0.3) is 0 Å². The summed E-state index contributed by atoms with van der Waals surface area (Å²) in [6.07, 6.45) is 9.15. The van der Waals surface area contributed by atoms with E-state index >= 15 is 0 Å². The minimum absolute atomic E-state index is 0.00150. The molecule has 3 aliphatic rings. The van der Waals surface area contributed by atoms with Crippen LogP contribution < -0.4 is 16.0 Å². The fraction of sp³-hybridized carbons (Fsp3) is 0.481. The average Bonchev–Trinajstić information content (AvgIpc) is 3.82. The second kappa shape index (κ2) is 10.1. The number of amides is 2. The lowest BCUT2D eigenvalue weighted by Crippen LogP contribution is -2.28. The van der Waals surface area contributed by atoms with Gasteiger partial charge < -0.3 is 16.0 Å². The highest BCUT2D eigenvalue weighted by Crippen LogP contribution is 2.43. The van der Waals surface area contributed by atoms with Crippen LogP contribution in [-0.4, -0.2) is 47.8 Å². The van der Waals surface area contributed by atoms with Crippen LogP contribution in [0.3, 0.4) is 0 Å². The molecule has 2 amide bonds. The largest absolute Gasteiger partial charge is 0.352 e. The van der Waals surface area contributed by atoms with E-state index in [0.717, 1.165) is 49.0 Å². The van der Waals surface area contributed by atoms with Gasteiger partial charge in [-0.15, -0.1) is 21.5 Å². The van der Waals surface area contributed by atoms with Crippen molar-refractivity contribution in [2.75, 3.05) is 23.4 Å². The van der Waals surface area contributed by atoms with Gasteiger partial charge in [-0.25, -0.2) is 8.42 Å². The Morgan fingerprint density at radius 2 is 1.95 bits per heavy atom. The number of nitrogens with zero attached hydrogens (tertiary/aromatic N) is 3. The second-order valence-corrected chi connectivity index (χ2v) is 14.0. The van der Waals surface area contributed by atoms with E-state index in [1.807, 2.05) is 10.6 Å². The molecule has 0 saturated heterocycles. The number of benzene rings is 1. The van der Waals surface area contributed by atoms with Crippen LogP contribution in [0.1, 0.15) is 64.5 Å². The molecule has 2 saturated carbocycles. The zero-order chi connectivity index (χ0) is 27.3. The third-order valence-electron chi connectivity index (χ3n) is 7.79. The molecular weight excluding hydrogens is 536 g/mol. The highest BCUT2D eigenvalue weighted by Gasteiger charge is 2.35. The fourth-order valence-corrected chi connectivity index (χ4v) is 7.45. The lowest BCUT2D eigenvalue weighted by atomic mass is 9.91. The highest BCUT2D eigenvalue weighted by molar-refractivity contribution is 7.90. The summed E-state index contributed by atoms with van der Waals surface area (Å²) < 4.78 is 26.4. The molecule has 39 heavy (non-hydrogen) atoms. The zero-order valence-corrected chi connectivity index (χ0v) is 23.6. The molecule has 2 heterocycles. The predicted molar refractivity (Wildman–Crippen MR) is 149 cm³/mol. The molecule has 206 valence electrons. The van der Waals surface area contributed by atoms with Crippen molar-refractivity contribution in [2.45, 2.75) is 62.8 Å². The molecule has 1 aromatic carbocycles. The minimum Gasteiger partial charge on any atom is -0.352 e. The monoisotopic (exact) mass is 568 g/mol. The number of nitrogens with one attached hydrogen (secondary N) is 3. The lowest BCUT2D eigenvalue weighted by molar-refractivity contribution is -0.117. The van der Waals surface area contributed by atoms with Gasteiger partial charge in [-0.2, -0.15) is 0 Å². The summed E-state index contributed by atoms with van der Waals surface area (Å²) in [5.74, 6) is 0.986. The first-order valence-corrected chi connectivity index (χ1v) is 16.1. The molecular formula is C27H32N6O4S2. The summed E-state index contributed by atoms with van der Waals surface area (Å²) in [5.41, 5.74) is 2.83. The van der Waals surface area contributed by atoms with E-state index in [-0.39, 0.29) is 28.7 Å². The first kappa shape index (κ1) is 26.0. The molecule has 0 spiro atoms. The van der Waals surface area contributed by atoms with E-state index in [9.17, 15) is 18.0 Å². The van der Waals surface area contributed by atoms with Crippen molar-refractivity contribution in [3.8, 4) is 0 Å². The second-order valence-electron chi connectivity index (χ2n) is 10.9. The Balaban J connectivity index is 1.28. The fourth-order valence-electron chi connectivity index (χ4n) is 5.21. The van der Waals surface area contributed by atoms with Crippen molar-refractivity contribution in [1.29, 1.82) is 0 Å². The van der Waals surface area contributed by atoms with Crippen molar-refractivity contribution in [2.24, 2.45) is 11.8 Å². The number of carbonyl (C=O) groups excluding carboxylic acids is 2. The molecule has 2 fully saturated rings. The molecule has 6 rings (SSSR count). The van der Waals surface area contributed by atoms with E-state index in [2.05, 4.69) is 26.1 Å². The summed E-state index contributed by atoms with van der Waals surface area (Å²) in [7, 11) is -3.38. The highest BCUT2D eigenvalue weighted by atomic mass is 32.2. The zero-order valence-electron chi connectivity index (χ0n) is 22.0. The van der Waals surface area contributed by atoms with Gasteiger partial charge in [-0.1, -0.05) is 6.07 Å². The first-order chi connectivity index (χ1) is 18.7. The van der Waals surface area contributed by atoms with Gasteiger partial charge in [0.25, 0.3) is 5.91 Å². The van der Waals surface area contributed by atoms with Crippen molar-refractivity contribution in [3.05, 3.63) is 46.1 Å². The van der Waals surface area contributed by atoms with Gasteiger partial charge in [0.05, 0.1) is 10.5 Å². The van der Waals surface area contributed by atoms with Crippen LogP contribution in [0.5, 0.6) is 0 Å². The lowest BCUT2D eigenvalue weighted by Gasteiger charge is -2.25. The molecule has 12 heteroatoms. The molecule has 10 nitrogen and oxygen atoms in total. The number of fused-ring (bicyclic) bond motifs is 1. The minimum atomic E-state index is -3.38. The molecule has 1 atom stereocenters. The SMILES string of the molecule is Cc1c(Nc2nncn2[C@H]2CCc3sc(NC(=O)C4CC4)c(C(=O)NCC4CC4)c3C2)cccc1S(C)(=O)=O. The third kappa shape index (κ3) is 5.44. The van der Waals surface area contributed by atoms with Gasteiger partial charge in [0.2, 0.25) is 11.9 Å². The molecule has 3 N–H and O–H groups in total. The van der Waals surface area contributed by atoms with E-state index in [4.69, 9.17) is 0 Å². The van der Waals surface area contributed by atoms with Gasteiger partial charge in [-0.05, 0) is 81.0 Å². The molecule has 0 aliphatic heterocycles. The number of rotatable bonds is 9. The number of hydrogen-bond acceptors (Lipinski definition) is 8. The molecule has 3 aromatic rings. The topological polar surface area (TPSA) is 135 Å². The Labute approximate surface area is 231 Å². The van der Waals surface area contributed by atoms with Crippen molar-refractivity contribution >= 4 is 49.6 Å². The molecule has 3 aliphatic carbocycles. The van der Waals surface area contributed by atoms with Crippen molar-refractivity contribution in [1.82, 2.24) is 20.1 Å². The summed E-state index contributed by atoms with van der Waals surface area (Å²) >= 11 is 1.52. The Morgan fingerprint density at radius 1 is 1.15 bits per heavy atom. The standard InChI is InChI=1S/C27H32N6O4S2/c1-15-20(4-3-5-22(15)39(2,36)37)30-27-32-29-14-33(27)18-10-11-21-19(12-18)23(25(35)28-13-16-6-7-16)26(38-21)31-24(34)17-8-9-17/h3-5,14,16-18H,6-13H2,1-2H3,(H,28,35)(H,30,32)(H,31,34)/t18-/m0/s1. The number of thiophene rings is 1. The summed E-state index contributed by atoms with van der Waals surface area (Å²) in [6.45, 7) is 2.43. The maximum absolute atomic E-state index is 13.4. The van der Waals surface area contributed by atoms with Crippen LogP contribution in [0.2, 0.25) is 0 Å². The smallest absolute Gasteiger partial charge is 0.254 e. The summed E-state index contributed by atoms with van der Waals surface area (Å²) in [5, 5.41) is 18.5. The summed E-state index contributed by atoms with van der Waals surface area (Å²) in [6, 6.07) is 5.10. The van der Waals surface area contributed by atoms with Gasteiger partial charge in [-0.3, -0.25) is 14.2 Å². The summed E-state index contributed by atoms with van der Waals surface area (Å²) in [4.78, 5) is 27.4. The van der Waals surface area contributed by atoms with E-state index in [0.29, 0.717) is 46.6 Å².